The van der Waals surface area contributed by atoms with Gasteiger partial charge in [0.15, 0.2) is 0 Å². The van der Waals surface area contributed by atoms with Crippen molar-refractivity contribution in [1.82, 2.24) is 5.27 Å². The van der Waals surface area contributed by atoms with E-state index in [0.717, 1.165) is 6.54 Å². The van der Waals surface area contributed by atoms with Crippen LogP contribution in [0.5, 0.6) is 0 Å². The van der Waals surface area contributed by atoms with E-state index in [1.165, 1.54) is 12.8 Å². The maximum atomic E-state index is 5.46. The molecule has 13 heavy (non-hydrogen) atoms. The SMILES string of the molecule is CC1(C)CCCN1[n+]1cc(N)on1. The number of hydrogen-bond donors (Lipinski definition) is 1. The number of rotatable bonds is 1. The zero-order valence-corrected chi connectivity index (χ0v) is 8.03. The monoisotopic (exact) mass is 183 g/mol. The summed E-state index contributed by atoms with van der Waals surface area (Å²) in [6, 6.07) is 0. The Hall–Kier alpha value is -1.26. The Morgan fingerprint density at radius 3 is 2.92 bits per heavy atom. The van der Waals surface area contributed by atoms with E-state index in [1.54, 1.807) is 11.0 Å². The molecule has 1 saturated heterocycles. The fourth-order valence-electron chi connectivity index (χ4n) is 1.84. The van der Waals surface area contributed by atoms with E-state index < -0.39 is 0 Å². The van der Waals surface area contributed by atoms with Gasteiger partial charge in [0.2, 0.25) is 5.27 Å². The van der Waals surface area contributed by atoms with Gasteiger partial charge in [-0.1, -0.05) is 0 Å². The van der Waals surface area contributed by atoms with E-state index in [-0.39, 0.29) is 5.54 Å². The summed E-state index contributed by atoms with van der Waals surface area (Å²) in [4.78, 5) is 1.70. The van der Waals surface area contributed by atoms with Crippen molar-refractivity contribution in [3.05, 3.63) is 6.20 Å². The van der Waals surface area contributed by atoms with Gasteiger partial charge < -0.3 is 5.73 Å². The lowest BCUT2D eigenvalue weighted by molar-refractivity contribution is -0.763. The molecule has 1 aromatic heterocycles. The molecule has 0 radical (unpaired) electrons. The Morgan fingerprint density at radius 1 is 1.69 bits per heavy atom. The van der Waals surface area contributed by atoms with E-state index in [4.69, 9.17) is 10.3 Å². The molecule has 1 fully saturated rings. The smallest absolute Gasteiger partial charge is 0.296 e. The van der Waals surface area contributed by atoms with Crippen LogP contribution in [-0.4, -0.2) is 17.4 Å². The maximum Gasteiger partial charge on any atom is 0.296 e. The summed E-state index contributed by atoms with van der Waals surface area (Å²) in [5.41, 5.74) is 5.60. The van der Waals surface area contributed by atoms with Gasteiger partial charge >= 0.3 is 0 Å². The summed E-state index contributed by atoms with van der Waals surface area (Å²) in [5.74, 6) is 0.350. The Morgan fingerprint density at radius 2 is 2.46 bits per heavy atom. The van der Waals surface area contributed by atoms with Crippen LogP contribution < -0.4 is 15.5 Å². The molecule has 1 aromatic rings. The second-order valence-corrected chi connectivity index (χ2v) is 4.06. The van der Waals surface area contributed by atoms with Crippen molar-refractivity contribution in [2.24, 2.45) is 0 Å². The average molecular weight is 183 g/mol. The molecule has 0 atom stereocenters. The van der Waals surface area contributed by atoms with Crippen LogP contribution in [0.25, 0.3) is 0 Å². The first kappa shape index (κ1) is 8.34. The zero-order chi connectivity index (χ0) is 9.47. The van der Waals surface area contributed by atoms with Crippen LogP contribution in [-0.2, 0) is 0 Å². The Labute approximate surface area is 77.0 Å². The second-order valence-electron chi connectivity index (χ2n) is 4.06. The predicted molar refractivity (Wildman–Crippen MR) is 47.5 cm³/mol. The van der Waals surface area contributed by atoms with Gasteiger partial charge in [0.1, 0.15) is 0 Å². The van der Waals surface area contributed by atoms with E-state index in [0.29, 0.717) is 5.88 Å². The van der Waals surface area contributed by atoms with Gasteiger partial charge in [-0.2, -0.15) is 0 Å². The van der Waals surface area contributed by atoms with Crippen LogP contribution in [0.2, 0.25) is 0 Å². The highest BCUT2D eigenvalue weighted by Gasteiger charge is 2.39. The van der Waals surface area contributed by atoms with E-state index in [1.807, 2.05) is 0 Å². The van der Waals surface area contributed by atoms with Gasteiger partial charge in [0.25, 0.3) is 12.1 Å². The van der Waals surface area contributed by atoms with Gasteiger partial charge in [-0.3, -0.25) is 4.52 Å². The van der Waals surface area contributed by atoms with Crippen LogP contribution in [0.4, 0.5) is 5.88 Å². The summed E-state index contributed by atoms with van der Waals surface area (Å²) in [6.07, 6.45) is 4.06. The third-order valence-corrected chi connectivity index (χ3v) is 2.58. The van der Waals surface area contributed by atoms with E-state index >= 15 is 0 Å². The molecular weight excluding hydrogens is 168 g/mol. The summed E-state index contributed by atoms with van der Waals surface area (Å²) in [7, 11) is 0. The molecule has 72 valence electrons. The molecule has 0 amide bonds. The van der Waals surface area contributed by atoms with Crippen LogP contribution >= 0.6 is 0 Å². The third-order valence-electron chi connectivity index (χ3n) is 2.58. The second kappa shape index (κ2) is 2.61. The van der Waals surface area contributed by atoms with Gasteiger partial charge in [0, 0.05) is 0 Å². The number of hydrogen-bond acceptors (Lipinski definition) is 4. The number of aromatic nitrogens is 2. The van der Waals surface area contributed by atoms with Crippen molar-refractivity contribution in [1.29, 1.82) is 0 Å². The van der Waals surface area contributed by atoms with Crippen molar-refractivity contribution in [3.8, 4) is 0 Å². The van der Waals surface area contributed by atoms with Crippen LogP contribution in [0, 0.1) is 0 Å². The van der Waals surface area contributed by atoms with E-state index in [9.17, 15) is 0 Å². The van der Waals surface area contributed by atoms with Gasteiger partial charge in [-0.25, -0.2) is 0 Å². The van der Waals surface area contributed by atoms with Gasteiger partial charge in [0.05, 0.1) is 16.9 Å². The largest absolute Gasteiger partial charge is 0.362 e. The highest BCUT2D eigenvalue weighted by atomic mass is 16.5. The summed E-state index contributed by atoms with van der Waals surface area (Å²) < 4.78 is 4.82. The number of nitrogens with two attached hydrogens (primary N) is 1. The van der Waals surface area contributed by atoms with Crippen LogP contribution in [0.1, 0.15) is 26.7 Å². The minimum absolute atomic E-state index is 0.147. The first-order valence-electron chi connectivity index (χ1n) is 4.52. The molecule has 0 aliphatic carbocycles. The number of nitrogens with zero attached hydrogens (tertiary/aromatic N) is 3. The first-order chi connectivity index (χ1) is 6.09. The molecule has 0 aromatic carbocycles. The number of nitrogen functional groups attached to an aromatic ring is 1. The molecule has 5 heteroatoms. The Bertz CT molecular complexity index is 307. The molecule has 0 spiro atoms. The minimum atomic E-state index is 0.147. The van der Waals surface area contributed by atoms with E-state index in [2.05, 4.69) is 24.1 Å². The summed E-state index contributed by atoms with van der Waals surface area (Å²) in [5, 5.41) is 6.00. The molecule has 1 aliphatic rings. The molecule has 2 rings (SSSR count). The number of anilines is 1. The molecule has 2 heterocycles. The molecule has 2 N–H and O–H groups in total. The quantitative estimate of drug-likeness (QED) is 0.625. The normalized spacial score (nSPS) is 20.9. The Kier molecular flexibility index (Phi) is 1.68. The molecule has 5 nitrogen and oxygen atoms in total. The molecule has 0 saturated carbocycles. The molecule has 1 aliphatic heterocycles. The molecule has 0 bridgehead atoms. The van der Waals surface area contributed by atoms with Crippen LogP contribution in [0.3, 0.4) is 0 Å². The zero-order valence-electron chi connectivity index (χ0n) is 8.03. The van der Waals surface area contributed by atoms with Gasteiger partial charge in [-0.15, -0.1) is 5.01 Å². The summed E-state index contributed by atoms with van der Waals surface area (Å²) in [6.45, 7) is 5.39. The fraction of sp³-hybridized carbons (Fsp3) is 0.750. The molecule has 0 unspecified atom stereocenters. The average Bonchev–Trinajstić information content (AvgIpc) is 2.56. The van der Waals surface area contributed by atoms with Crippen LogP contribution in [0.15, 0.2) is 10.7 Å². The third kappa shape index (κ3) is 1.34. The Balaban J connectivity index is 2.26. The van der Waals surface area contributed by atoms with Crippen molar-refractivity contribution < 1.29 is 9.31 Å². The summed E-state index contributed by atoms with van der Waals surface area (Å²) >= 11 is 0. The topological polar surface area (TPSA) is 59.2 Å². The minimum Gasteiger partial charge on any atom is -0.362 e. The van der Waals surface area contributed by atoms with Gasteiger partial charge in [-0.05, 0) is 26.7 Å². The lowest BCUT2D eigenvalue weighted by Crippen LogP contribution is -2.64. The highest BCUT2D eigenvalue weighted by Crippen LogP contribution is 2.23. The van der Waals surface area contributed by atoms with Crippen molar-refractivity contribution in [2.75, 3.05) is 17.3 Å². The van der Waals surface area contributed by atoms with Crippen molar-refractivity contribution in [2.45, 2.75) is 32.2 Å². The lowest BCUT2D eigenvalue weighted by atomic mass is 10.0. The first-order valence-corrected chi connectivity index (χ1v) is 4.52. The molecular formula is C8H15N4O+. The fourth-order valence-corrected chi connectivity index (χ4v) is 1.84. The highest BCUT2D eigenvalue weighted by molar-refractivity contribution is 5.12. The lowest BCUT2D eigenvalue weighted by Gasteiger charge is -2.22. The van der Waals surface area contributed by atoms with Crippen molar-refractivity contribution in [3.63, 3.8) is 0 Å². The standard InChI is InChI=1S/C8H15N4O/c1-8(2)4-3-5-11(8)12-6-7(9)13-10-12/h6H,3-5,9H2,1-2H3/q+1. The maximum absolute atomic E-state index is 5.46. The predicted octanol–water partition coefficient (Wildman–Crippen LogP) is 0.0547. The van der Waals surface area contributed by atoms with Crippen molar-refractivity contribution >= 4 is 5.88 Å².